The number of pyridine rings is 1. The molecule has 2 heterocycles. The first kappa shape index (κ1) is 19.9. The number of morpholine rings is 1. The molecule has 1 aromatic heterocycles. The van der Waals surface area contributed by atoms with E-state index in [2.05, 4.69) is 20.5 Å². The highest BCUT2D eigenvalue weighted by Crippen LogP contribution is 2.31. The van der Waals surface area contributed by atoms with Crippen molar-refractivity contribution in [2.24, 2.45) is 0 Å². The summed E-state index contributed by atoms with van der Waals surface area (Å²) in [6.45, 7) is 4.70. The Bertz CT molecular complexity index is 794. The highest BCUT2D eigenvalue weighted by atomic mass is 16.5. The lowest BCUT2D eigenvalue weighted by molar-refractivity contribution is 0.0383. The zero-order valence-electron chi connectivity index (χ0n) is 16.2. The quantitative estimate of drug-likeness (QED) is 0.717. The van der Waals surface area contributed by atoms with Crippen molar-refractivity contribution in [3.63, 3.8) is 0 Å². The molecular weight excluding hydrogens is 360 g/mol. The van der Waals surface area contributed by atoms with Gasteiger partial charge in [-0.2, -0.15) is 0 Å². The molecule has 3 rings (SSSR count). The maximum Gasteiger partial charge on any atom is 0.252 e. The minimum atomic E-state index is -0.147. The van der Waals surface area contributed by atoms with Crippen molar-refractivity contribution in [2.45, 2.75) is 0 Å². The van der Waals surface area contributed by atoms with Gasteiger partial charge in [-0.05, 0) is 18.2 Å². The first-order chi connectivity index (χ1) is 13.7. The Hall–Kier alpha value is -2.84. The standard InChI is InChI=1S/C20H26N4O4/c1-26-17-3-4-18(19(12-17)27-2)23-16-11-15(13-21-14-16)20(25)22-5-6-24-7-9-28-10-8-24/h3-4,11-14,23H,5-10H2,1-2H3,(H,22,25). The summed E-state index contributed by atoms with van der Waals surface area (Å²) in [6.07, 6.45) is 3.22. The van der Waals surface area contributed by atoms with Crippen LogP contribution >= 0.6 is 0 Å². The number of benzene rings is 1. The predicted octanol–water partition coefficient (Wildman–Crippen LogP) is 1.90. The zero-order chi connectivity index (χ0) is 19.8. The third-order valence-electron chi connectivity index (χ3n) is 4.51. The molecule has 0 unspecified atom stereocenters. The molecule has 1 fully saturated rings. The van der Waals surface area contributed by atoms with Crippen molar-refractivity contribution in [3.05, 3.63) is 42.2 Å². The highest BCUT2D eigenvalue weighted by Gasteiger charge is 2.12. The Morgan fingerprint density at radius 2 is 2.00 bits per heavy atom. The van der Waals surface area contributed by atoms with Crippen LogP contribution in [0.1, 0.15) is 10.4 Å². The van der Waals surface area contributed by atoms with E-state index in [1.165, 1.54) is 0 Å². The molecule has 2 aromatic rings. The molecule has 28 heavy (non-hydrogen) atoms. The predicted molar refractivity (Wildman–Crippen MR) is 107 cm³/mol. The molecule has 1 amide bonds. The molecule has 1 aromatic carbocycles. The Balaban J connectivity index is 1.59. The van der Waals surface area contributed by atoms with Gasteiger partial charge in [0.2, 0.25) is 0 Å². The van der Waals surface area contributed by atoms with E-state index in [-0.39, 0.29) is 5.91 Å². The number of hydrogen-bond acceptors (Lipinski definition) is 7. The van der Waals surface area contributed by atoms with Gasteiger partial charge < -0.3 is 24.8 Å². The van der Waals surface area contributed by atoms with E-state index in [1.54, 1.807) is 38.7 Å². The van der Waals surface area contributed by atoms with Crippen LogP contribution in [0.4, 0.5) is 11.4 Å². The zero-order valence-corrected chi connectivity index (χ0v) is 16.2. The summed E-state index contributed by atoms with van der Waals surface area (Å²) in [5.74, 6) is 1.19. The summed E-state index contributed by atoms with van der Waals surface area (Å²) >= 11 is 0. The van der Waals surface area contributed by atoms with Crippen LogP contribution in [0.15, 0.2) is 36.7 Å². The van der Waals surface area contributed by atoms with Crippen LogP contribution in [0, 0.1) is 0 Å². The molecule has 8 nitrogen and oxygen atoms in total. The fourth-order valence-electron chi connectivity index (χ4n) is 2.94. The molecule has 0 radical (unpaired) electrons. The van der Waals surface area contributed by atoms with Crippen LogP contribution in [0.25, 0.3) is 0 Å². The molecule has 0 spiro atoms. The number of carbonyl (C=O) groups is 1. The van der Waals surface area contributed by atoms with E-state index >= 15 is 0 Å². The highest BCUT2D eigenvalue weighted by molar-refractivity contribution is 5.94. The van der Waals surface area contributed by atoms with Gasteiger partial charge in [0.25, 0.3) is 5.91 Å². The lowest BCUT2D eigenvalue weighted by Gasteiger charge is -2.26. The van der Waals surface area contributed by atoms with Crippen molar-refractivity contribution >= 4 is 17.3 Å². The topological polar surface area (TPSA) is 85.0 Å². The first-order valence-corrected chi connectivity index (χ1v) is 9.22. The van der Waals surface area contributed by atoms with Gasteiger partial charge in [0.1, 0.15) is 11.5 Å². The van der Waals surface area contributed by atoms with E-state index in [9.17, 15) is 4.79 Å². The number of rotatable bonds is 8. The molecule has 0 bridgehead atoms. The van der Waals surface area contributed by atoms with Gasteiger partial charge >= 0.3 is 0 Å². The number of carbonyl (C=O) groups excluding carboxylic acids is 1. The smallest absolute Gasteiger partial charge is 0.252 e. The maximum atomic E-state index is 12.4. The van der Waals surface area contributed by atoms with Crippen molar-refractivity contribution in [3.8, 4) is 11.5 Å². The molecule has 8 heteroatoms. The van der Waals surface area contributed by atoms with E-state index in [0.29, 0.717) is 29.3 Å². The molecular formula is C20H26N4O4. The van der Waals surface area contributed by atoms with Gasteiger partial charge in [-0.25, -0.2) is 0 Å². The summed E-state index contributed by atoms with van der Waals surface area (Å²) in [7, 11) is 3.20. The molecule has 1 aliphatic heterocycles. The second kappa shape index (κ2) is 9.91. The lowest BCUT2D eigenvalue weighted by atomic mass is 10.2. The van der Waals surface area contributed by atoms with Gasteiger partial charge in [-0.3, -0.25) is 14.7 Å². The number of hydrogen-bond donors (Lipinski definition) is 2. The fraction of sp³-hybridized carbons (Fsp3) is 0.400. The SMILES string of the molecule is COc1ccc(Nc2cncc(C(=O)NCCN3CCOCC3)c2)c(OC)c1. The van der Waals surface area contributed by atoms with Crippen LogP contribution < -0.4 is 20.1 Å². The lowest BCUT2D eigenvalue weighted by Crippen LogP contribution is -2.41. The van der Waals surface area contributed by atoms with Crippen molar-refractivity contribution in [1.82, 2.24) is 15.2 Å². The fourth-order valence-corrected chi connectivity index (χ4v) is 2.94. The van der Waals surface area contributed by atoms with Crippen LogP contribution in [-0.4, -0.2) is 69.4 Å². The van der Waals surface area contributed by atoms with Gasteiger partial charge in [0.15, 0.2) is 0 Å². The summed E-state index contributed by atoms with van der Waals surface area (Å²) < 4.78 is 15.9. The molecule has 2 N–H and O–H groups in total. The molecule has 150 valence electrons. The summed E-state index contributed by atoms with van der Waals surface area (Å²) in [5, 5.41) is 6.18. The molecule has 0 saturated carbocycles. The molecule has 0 atom stereocenters. The Morgan fingerprint density at radius 1 is 1.18 bits per heavy atom. The van der Waals surface area contributed by atoms with Crippen LogP contribution in [0.2, 0.25) is 0 Å². The number of anilines is 2. The Morgan fingerprint density at radius 3 is 2.75 bits per heavy atom. The van der Waals surface area contributed by atoms with E-state index in [4.69, 9.17) is 14.2 Å². The Labute approximate surface area is 164 Å². The van der Waals surface area contributed by atoms with Crippen molar-refractivity contribution in [2.75, 3.05) is 58.9 Å². The van der Waals surface area contributed by atoms with Gasteiger partial charge in [-0.15, -0.1) is 0 Å². The number of nitrogens with zero attached hydrogens (tertiary/aromatic N) is 2. The van der Waals surface area contributed by atoms with Gasteiger partial charge in [0, 0.05) is 38.4 Å². The minimum Gasteiger partial charge on any atom is -0.497 e. The number of methoxy groups -OCH3 is 2. The van der Waals surface area contributed by atoms with Crippen LogP contribution in [-0.2, 0) is 4.74 Å². The van der Waals surface area contributed by atoms with Gasteiger partial charge in [-0.1, -0.05) is 0 Å². The molecule has 0 aliphatic carbocycles. The number of amides is 1. The largest absolute Gasteiger partial charge is 0.497 e. The number of nitrogens with one attached hydrogen (secondary N) is 2. The third-order valence-corrected chi connectivity index (χ3v) is 4.51. The van der Waals surface area contributed by atoms with Crippen molar-refractivity contribution in [1.29, 1.82) is 0 Å². The second-order valence-corrected chi connectivity index (χ2v) is 6.36. The number of aromatic nitrogens is 1. The average molecular weight is 386 g/mol. The van der Waals surface area contributed by atoms with E-state index in [1.807, 2.05) is 12.1 Å². The monoisotopic (exact) mass is 386 g/mol. The molecule has 1 aliphatic rings. The van der Waals surface area contributed by atoms with Gasteiger partial charge in [0.05, 0.1) is 50.6 Å². The molecule has 1 saturated heterocycles. The van der Waals surface area contributed by atoms with E-state index in [0.717, 1.165) is 38.5 Å². The van der Waals surface area contributed by atoms with Crippen LogP contribution in [0.5, 0.6) is 11.5 Å². The first-order valence-electron chi connectivity index (χ1n) is 9.22. The number of ether oxygens (including phenoxy) is 3. The average Bonchev–Trinajstić information content (AvgIpc) is 2.75. The summed E-state index contributed by atoms with van der Waals surface area (Å²) in [6, 6.07) is 7.24. The summed E-state index contributed by atoms with van der Waals surface area (Å²) in [4.78, 5) is 18.9. The van der Waals surface area contributed by atoms with Crippen molar-refractivity contribution < 1.29 is 19.0 Å². The maximum absolute atomic E-state index is 12.4. The minimum absolute atomic E-state index is 0.147. The van der Waals surface area contributed by atoms with E-state index < -0.39 is 0 Å². The summed E-state index contributed by atoms with van der Waals surface area (Å²) in [5.41, 5.74) is 1.96. The third kappa shape index (κ3) is 5.34. The second-order valence-electron chi connectivity index (χ2n) is 6.36. The normalized spacial score (nSPS) is 14.4. The van der Waals surface area contributed by atoms with Crippen LogP contribution in [0.3, 0.4) is 0 Å². The Kier molecular flexibility index (Phi) is 7.05.